The lowest BCUT2D eigenvalue weighted by Crippen LogP contribution is -2.49. The number of piperazine rings is 2. The van der Waals surface area contributed by atoms with Crippen LogP contribution >= 0.6 is 0 Å². The SMILES string of the molecule is Cc1cccc(CS(=O)(=O)N2CCN(c3cc(N4CCN(C)CC4)nc(C)n3)CC2)c1. The van der Waals surface area contributed by atoms with Crippen molar-refractivity contribution in [2.24, 2.45) is 0 Å². The molecule has 2 aliphatic rings. The Balaban J connectivity index is 1.41. The van der Waals surface area contributed by atoms with Gasteiger partial charge in [-0.2, -0.15) is 4.31 Å². The highest BCUT2D eigenvalue weighted by atomic mass is 32.2. The molecule has 0 atom stereocenters. The van der Waals surface area contributed by atoms with E-state index in [0.717, 1.165) is 54.8 Å². The van der Waals surface area contributed by atoms with Gasteiger partial charge in [-0.1, -0.05) is 29.8 Å². The lowest BCUT2D eigenvalue weighted by Gasteiger charge is -2.36. The molecular weight excluding hydrogens is 412 g/mol. The lowest BCUT2D eigenvalue weighted by atomic mass is 10.2. The second kappa shape index (κ2) is 9.10. The van der Waals surface area contributed by atoms with Gasteiger partial charge >= 0.3 is 0 Å². The van der Waals surface area contributed by atoms with Gasteiger partial charge in [-0.05, 0) is 26.5 Å². The monoisotopic (exact) mass is 444 g/mol. The quantitative estimate of drug-likeness (QED) is 0.692. The van der Waals surface area contributed by atoms with Gasteiger partial charge < -0.3 is 14.7 Å². The number of sulfonamides is 1. The van der Waals surface area contributed by atoms with Crippen LogP contribution in [0, 0.1) is 13.8 Å². The largest absolute Gasteiger partial charge is 0.354 e. The van der Waals surface area contributed by atoms with Crippen molar-refractivity contribution >= 4 is 21.7 Å². The van der Waals surface area contributed by atoms with Crippen LogP contribution in [-0.4, -0.2) is 87.0 Å². The van der Waals surface area contributed by atoms with Gasteiger partial charge in [0.2, 0.25) is 10.0 Å². The van der Waals surface area contributed by atoms with E-state index in [9.17, 15) is 8.42 Å². The van der Waals surface area contributed by atoms with Crippen LogP contribution in [0.25, 0.3) is 0 Å². The van der Waals surface area contributed by atoms with Crippen LogP contribution in [0.15, 0.2) is 30.3 Å². The molecule has 31 heavy (non-hydrogen) atoms. The average Bonchev–Trinajstić information content (AvgIpc) is 2.73. The van der Waals surface area contributed by atoms with Crippen molar-refractivity contribution in [3.05, 3.63) is 47.3 Å². The molecule has 3 heterocycles. The summed E-state index contributed by atoms with van der Waals surface area (Å²) in [6, 6.07) is 9.76. The topological polar surface area (TPSA) is 72.9 Å². The number of benzene rings is 1. The molecule has 2 fully saturated rings. The molecule has 0 N–H and O–H groups in total. The smallest absolute Gasteiger partial charge is 0.218 e. The maximum absolute atomic E-state index is 12.9. The van der Waals surface area contributed by atoms with Crippen LogP contribution < -0.4 is 9.80 Å². The van der Waals surface area contributed by atoms with Crippen LogP contribution in [0.2, 0.25) is 0 Å². The molecule has 0 saturated carbocycles. The second-order valence-electron chi connectivity index (χ2n) is 8.55. The van der Waals surface area contributed by atoms with Gasteiger partial charge in [0.15, 0.2) is 0 Å². The number of anilines is 2. The molecule has 0 bridgehead atoms. The highest BCUT2D eigenvalue weighted by Gasteiger charge is 2.28. The van der Waals surface area contributed by atoms with Gasteiger partial charge in [0, 0.05) is 58.4 Å². The van der Waals surface area contributed by atoms with Gasteiger partial charge in [-0.15, -0.1) is 0 Å². The average molecular weight is 445 g/mol. The van der Waals surface area contributed by atoms with E-state index in [1.165, 1.54) is 0 Å². The van der Waals surface area contributed by atoms with Crippen LogP contribution in [0.4, 0.5) is 11.6 Å². The lowest BCUT2D eigenvalue weighted by molar-refractivity contribution is 0.312. The number of aryl methyl sites for hydroxylation is 2. The number of rotatable bonds is 5. The highest BCUT2D eigenvalue weighted by Crippen LogP contribution is 2.23. The third-order valence-corrected chi connectivity index (χ3v) is 7.88. The Bertz CT molecular complexity index is 1010. The van der Waals surface area contributed by atoms with Gasteiger partial charge in [0.1, 0.15) is 17.5 Å². The maximum atomic E-state index is 12.9. The normalized spacial score (nSPS) is 19.1. The van der Waals surface area contributed by atoms with E-state index in [1.807, 2.05) is 38.1 Å². The van der Waals surface area contributed by atoms with E-state index in [0.29, 0.717) is 26.2 Å². The van der Waals surface area contributed by atoms with Crippen molar-refractivity contribution in [3.63, 3.8) is 0 Å². The van der Waals surface area contributed by atoms with Crippen LogP contribution in [0.5, 0.6) is 0 Å². The second-order valence-corrected chi connectivity index (χ2v) is 10.5. The van der Waals surface area contributed by atoms with E-state index >= 15 is 0 Å². The third-order valence-electron chi connectivity index (χ3n) is 6.03. The number of likely N-dealkylation sites (N-methyl/N-ethyl adjacent to an activating group) is 1. The molecule has 4 rings (SSSR count). The summed E-state index contributed by atoms with van der Waals surface area (Å²) < 4.78 is 27.5. The summed E-state index contributed by atoms with van der Waals surface area (Å²) in [5.41, 5.74) is 1.92. The molecule has 2 saturated heterocycles. The fraction of sp³-hybridized carbons (Fsp3) is 0.545. The van der Waals surface area contributed by atoms with Crippen molar-refractivity contribution in [2.75, 3.05) is 69.2 Å². The fourth-order valence-electron chi connectivity index (χ4n) is 4.20. The van der Waals surface area contributed by atoms with Gasteiger partial charge in [-0.25, -0.2) is 18.4 Å². The van der Waals surface area contributed by atoms with Crippen molar-refractivity contribution in [1.82, 2.24) is 19.2 Å². The predicted molar refractivity (Wildman–Crippen MR) is 124 cm³/mol. The summed E-state index contributed by atoms with van der Waals surface area (Å²) in [6.45, 7) is 10.1. The first-order valence-electron chi connectivity index (χ1n) is 10.9. The Kier molecular flexibility index (Phi) is 6.45. The third kappa shape index (κ3) is 5.34. The van der Waals surface area contributed by atoms with Crippen LogP contribution in [-0.2, 0) is 15.8 Å². The maximum Gasteiger partial charge on any atom is 0.218 e. The Morgan fingerprint density at radius 1 is 0.839 bits per heavy atom. The molecule has 0 unspecified atom stereocenters. The molecule has 168 valence electrons. The molecule has 0 spiro atoms. The summed E-state index contributed by atoms with van der Waals surface area (Å²) in [5.74, 6) is 2.65. The van der Waals surface area contributed by atoms with Gasteiger partial charge in [-0.3, -0.25) is 0 Å². The Morgan fingerprint density at radius 3 is 2.00 bits per heavy atom. The minimum atomic E-state index is -3.34. The minimum absolute atomic E-state index is 0.0504. The Morgan fingerprint density at radius 2 is 1.42 bits per heavy atom. The molecule has 0 amide bonds. The number of hydrogen-bond acceptors (Lipinski definition) is 7. The molecule has 1 aromatic carbocycles. The minimum Gasteiger partial charge on any atom is -0.354 e. The number of nitrogens with zero attached hydrogens (tertiary/aromatic N) is 6. The van der Waals surface area contributed by atoms with Gasteiger partial charge in [0.25, 0.3) is 0 Å². The summed E-state index contributed by atoms with van der Waals surface area (Å²) in [5, 5.41) is 0. The molecular formula is C22H32N6O2S. The van der Waals surface area contributed by atoms with Crippen molar-refractivity contribution < 1.29 is 8.42 Å². The first-order valence-corrected chi connectivity index (χ1v) is 12.5. The Labute approximate surface area is 185 Å². The van der Waals surface area contributed by atoms with E-state index in [4.69, 9.17) is 0 Å². The molecule has 9 heteroatoms. The first kappa shape index (κ1) is 22.0. The van der Waals surface area contributed by atoms with E-state index < -0.39 is 10.0 Å². The van der Waals surface area contributed by atoms with Crippen molar-refractivity contribution in [1.29, 1.82) is 0 Å². The van der Waals surface area contributed by atoms with E-state index in [1.54, 1.807) is 4.31 Å². The zero-order chi connectivity index (χ0) is 22.0. The molecule has 2 aliphatic heterocycles. The number of aromatic nitrogens is 2. The highest BCUT2D eigenvalue weighted by molar-refractivity contribution is 7.88. The van der Waals surface area contributed by atoms with Crippen molar-refractivity contribution in [2.45, 2.75) is 19.6 Å². The summed E-state index contributed by atoms with van der Waals surface area (Å²) in [6.07, 6.45) is 0. The van der Waals surface area contributed by atoms with Crippen LogP contribution in [0.1, 0.15) is 17.0 Å². The van der Waals surface area contributed by atoms with Gasteiger partial charge in [0.05, 0.1) is 5.75 Å². The van der Waals surface area contributed by atoms with Crippen molar-refractivity contribution in [3.8, 4) is 0 Å². The molecule has 1 aromatic heterocycles. The van der Waals surface area contributed by atoms with E-state index in [2.05, 4.69) is 37.8 Å². The summed E-state index contributed by atoms with van der Waals surface area (Å²) in [4.78, 5) is 16.1. The number of hydrogen-bond donors (Lipinski definition) is 0. The summed E-state index contributed by atoms with van der Waals surface area (Å²) in [7, 11) is -1.20. The first-order chi connectivity index (χ1) is 14.8. The molecule has 0 aliphatic carbocycles. The molecule has 2 aromatic rings. The standard InChI is InChI=1S/C22H32N6O2S/c1-18-5-4-6-20(15-18)17-31(29,30)28-13-11-27(12-14-28)22-16-21(23-19(2)24-22)26-9-7-25(3)8-10-26/h4-6,15-16H,7-14,17H2,1-3H3. The Hall–Kier alpha value is -2.23. The molecule has 0 radical (unpaired) electrons. The zero-order valence-electron chi connectivity index (χ0n) is 18.7. The zero-order valence-corrected chi connectivity index (χ0v) is 19.5. The van der Waals surface area contributed by atoms with E-state index in [-0.39, 0.29) is 5.75 Å². The molecule has 8 nitrogen and oxygen atoms in total. The predicted octanol–water partition coefficient (Wildman–Crippen LogP) is 1.50. The summed E-state index contributed by atoms with van der Waals surface area (Å²) >= 11 is 0. The van der Waals surface area contributed by atoms with Crippen LogP contribution in [0.3, 0.4) is 0 Å². The fourth-order valence-corrected chi connectivity index (χ4v) is 5.70.